The molecule has 0 saturated carbocycles. The van der Waals surface area contributed by atoms with E-state index in [9.17, 15) is 4.79 Å². The van der Waals surface area contributed by atoms with E-state index in [-0.39, 0.29) is 11.9 Å². The van der Waals surface area contributed by atoms with Gasteiger partial charge in [0.15, 0.2) is 0 Å². The summed E-state index contributed by atoms with van der Waals surface area (Å²) in [5.41, 5.74) is 5.65. The van der Waals surface area contributed by atoms with Crippen LogP contribution in [0.3, 0.4) is 0 Å². The molecule has 0 radical (unpaired) electrons. The van der Waals surface area contributed by atoms with Gasteiger partial charge in [-0.05, 0) is 26.3 Å². The average molecular weight is 256 g/mol. The molecule has 5 nitrogen and oxygen atoms in total. The zero-order valence-corrected chi connectivity index (χ0v) is 12.0. The van der Waals surface area contributed by atoms with Gasteiger partial charge in [-0.2, -0.15) is 0 Å². The maximum Gasteiger partial charge on any atom is 0.237 e. The highest BCUT2D eigenvalue weighted by Gasteiger charge is 2.25. The highest BCUT2D eigenvalue weighted by atomic mass is 16.2. The summed E-state index contributed by atoms with van der Waals surface area (Å²) in [6.07, 6.45) is 0. The Morgan fingerprint density at radius 1 is 1.28 bits per heavy atom. The predicted molar refractivity (Wildman–Crippen MR) is 74.4 cm³/mol. The number of amides is 1. The van der Waals surface area contributed by atoms with E-state index in [2.05, 4.69) is 22.0 Å². The number of likely N-dealkylation sites (N-methyl/N-ethyl adjacent to an activating group) is 1. The van der Waals surface area contributed by atoms with Crippen LogP contribution in [-0.2, 0) is 4.79 Å². The van der Waals surface area contributed by atoms with E-state index in [4.69, 9.17) is 5.73 Å². The fourth-order valence-corrected chi connectivity index (χ4v) is 2.34. The summed E-state index contributed by atoms with van der Waals surface area (Å²) >= 11 is 0. The molecule has 2 unspecified atom stereocenters. The Labute approximate surface area is 111 Å². The molecule has 1 heterocycles. The lowest BCUT2D eigenvalue weighted by Gasteiger charge is -2.38. The van der Waals surface area contributed by atoms with E-state index in [0.717, 1.165) is 39.3 Å². The van der Waals surface area contributed by atoms with Gasteiger partial charge < -0.3 is 16.0 Å². The number of nitrogens with two attached hydrogens (primary N) is 1. The molecule has 18 heavy (non-hydrogen) atoms. The van der Waals surface area contributed by atoms with Crippen LogP contribution in [0.15, 0.2) is 0 Å². The first-order valence-corrected chi connectivity index (χ1v) is 7.02. The number of piperazine rings is 1. The lowest BCUT2D eigenvalue weighted by molar-refractivity contribution is -0.126. The molecule has 5 heteroatoms. The molecular formula is C13H28N4O. The van der Waals surface area contributed by atoms with Gasteiger partial charge >= 0.3 is 0 Å². The molecule has 1 rings (SSSR count). The van der Waals surface area contributed by atoms with Crippen LogP contribution in [0, 0.1) is 5.92 Å². The summed E-state index contributed by atoms with van der Waals surface area (Å²) in [6.45, 7) is 12.7. The fraction of sp³-hybridized carbons (Fsp3) is 0.923. The zero-order valence-electron chi connectivity index (χ0n) is 12.0. The lowest BCUT2D eigenvalue weighted by atomic mass is 10.1. The van der Waals surface area contributed by atoms with Crippen molar-refractivity contribution in [2.45, 2.75) is 26.8 Å². The van der Waals surface area contributed by atoms with Gasteiger partial charge in [0.1, 0.15) is 0 Å². The van der Waals surface area contributed by atoms with Crippen molar-refractivity contribution in [2.75, 3.05) is 45.8 Å². The monoisotopic (exact) mass is 256 g/mol. The minimum Gasteiger partial charge on any atom is -0.355 e. The number of carbonyl (C=O) groups is 1. The van der Waals surface area contributed by atoms with Gasteiger partial charge in [0.2, 0.25) is 5.91 Å². The lowest BCUT2D eigenvalue weighted by Crippen LogP contribution is -2.54. The second kappa shape index (κ2) is 7.71. The second-order valence-corrected chi connectivity index (χ2v) is 5.25. The summed E-state index contributed by atoms with van der Waals surface area (Å²) in [5.74, 6) is 0.693. The number of nitrogens with zero attached hydrogens (tertiary/aromatic N) is 2. The van der Waals surface area contributed by atoms with E-state index >= 15 is 0 Å². The molecule has 0 bridgehead atoms. The third kappa shape index (κ3) is 4.55. The fourth-order valence-electron chi connectivity index (χ4n) is 2.34. The number of hydrogen-bond acceptors (Lipinski definition) is 4. The van der Waals surface area contributed by atoms with Gasteiger partial charge in [0.05, 0.1) is 6.04 Å². The summed E-state index contributed by atoms with van der Waals surface area (Å²) in [6, 6.07) is -0.0148. The van der Waals surface area contributed by atoms with Crippen molar-refractivity contribution in [3.8, 4) is 0 Å². The molecule has 106 valence electrons. The van der Waals surface area contributed by atoms with Crippen LogP contribution >= 0.6 is 0 Å². The normalized spacial score (nSPS) is 21.6. The molecule has 1 fully saturated rings. The molecule has 1 saturated heterocycles. The predicted octanol–water partition coefficient (Wildman–Crippen LogP) is -0.277. The van der Waals surface area contributed by atoms with Gasteiger partial charge in [-0.15, -0.1) is 0 Å². The molecule has 0 aromatic heterocycles. The average Bonchev–Trinajstić information content (AvgIpc) is 2.39. The third-order valence-electron chi connectivity index (χ3n) is 3.66. The summed E-state index contributed by atoms with van der Waals surface area (Å²) in [4.78, 5) is 16.5. The first-order chi connectivity index (χ1) is 8.58. The largest absolute Gasteiger partial charge is 0.355 e. The van der Waals surface area contributed by atoms with E-state index in [1.165, 1.54) is 0 Å². The minimum absolute atomic E-state index is 0.0148. The Kier molecular flexibility index (Phi) is 6.60. The first-order valence-electron chi connectivity index (χ1n) is 7.02. The summed E-state index contributed by atoms with van der Waals surface area (Å²) in [7, 11) is 0. The van der Waals surface area contributed by atoms with Crippen molar-refractivity contribution in [1.29, 1.82) is 0 Å². The van der Waals surface area contributed by atoms with Crippen LogP contribution in [0.2, 0.25) is 0 Å². The van der Waals surface area contributed by atoms with Gasteiger partial charge in [-0.3, -0.25) is 9.69 Å². The van der Waals surface area contributed by atoms with Crippen molar-refractivity contribution in [3.05, 3.63) is 0 Å². The molecule has 0 spiro atoms. The molecule has 1 amide bonds. The number of carbonyl (C=O) groups excluding carboxylic acids is 1. The van der Waals surface area contributed by atoms with Crippen LogP contribution in [0.1, 0.15) is 20.8 Å². The molecule has 0 aliphatic carbocycles. The van der Waals surface area contributed by atoms with Gasteiger partial charge in [-0.25, -0.2) is 0 Å². The summed E-state index contributed by atoms with van der Waals surface area (Å²) < 4.78 is 0. The van der Waals surface area contributed by atoms with Gasteiger partial charge in [0.25, 0.3) is 0 Å². The number of nitrogens with one attached hydrogen (secondary N) is 1. The van der Waals surface area contributed by atoms with E-state index in [0.29, 0.717) is 12.5 Å². The quantitative estimate of drug-likeness (QED) is 0.686. The maximum absolute atomic E-state index is 11.8. The van der Waals surface area contributed by atoms with Crippen molar-refractivity contribution in [3.63, 3.8) is 0 Å². The van der Waals surface area contributed by atoms with Crippen molar-refractivity contribution < 1.29 is 4.79 Å². The Morgan fingerprint density at radius 3 is 2.39 bits per heavy atom. The second-order valence-electron chi connectivity index (χ2n) is 5.25. The van der Waals surface area contributed by atoms with E-state index in [1.807, 2.05) is 13.8 Å². The Morgan fingerprint density at radius 2 is 1.89 bits per heavy atom. The Bertz CT molecular complexity index is 251. The summed E-state index contributed by atoms with van der Waals surface area (Å²) in [5, 5.41) is 2.88. The molecule has 0 aromatic rings. The molecule has 1 aliphatic rings. The number of rotatable bonds is 6. The SMILES string of the molecule is CCNC(=O)C(C)N1CCN(CC(C)CN)CC1. The molecular weight excluding hydrogens is 228 g/mol. The zero-order chi connectivity index (χ0) is 13.5. The molecule has 1 aliphatic heterocycles. The van der Waals surface area contributed by atoms with Crippen molar-refractivity contribution >= 4 is 5.91 Å². The highest BCUT2D eigenvalue weighted by Crippen LogP contribution is 2.08. The van der Waals surface area contributed by atoms with Crippen LogP contribution in [0.5, 0.6) is 0 Å². The highest BCUT2D eigenvalue weighted by molar-refractivity contribution is 5.81. The Hall–Kier alpha value is -0.650. The standard InChI is InChI=1S/C13H28N4O/c1-4-15-13(18)12(3)17-7-5-16(6-8-17)10-11(2)9-14/h11-12H,4-10,14H2,1-3H3,(H,15,18). The first kappa shape index (κ1) is 15.4. The minimum atomic E-state index is -0.0148. The van der Waals surface area contributed by atoms with Crippen LogP contribution in [0.25, 0.3) is 0 Å². The third-order valence-corrected chi connectivity index (χ3v) is 3.66. The van der Waals surface area contributed by atoms with Crippen molar-refractivity contribution in [2.24, 2.45) is 11.7 Å². The topological polar surface area (TPSA) is 61.6 Å². The van der Waals surface area contributed by atoms with Crippen molar-refractivity contribution in [1.82, 2.24) is 15.1 Å². The van der Waals surface area contributed by atoms with Crippen LogP contribution in [0.4, 0.5) is 0 Å². The van der Waals surface area contributed by atoms with Crippen LogP contribution in [-0.4, -0.2) is 67.6 Å². The number of hydrogen-bond donors (Lipinski definition) is 2. The Balaban J connectivity index is 2.32. The van der Waals surface area contributed by atoms with E-state index < -0.39 is 0 Å². The van der Waals surface area contributed by atoms with Gasteiger partial charge in [-0.1, -0.05) is 6.92 Å². The van der Waals surface area contributed by atoms with Crippen LogP contribution < -0.4 is 11.1 Å². The molecule has 3 N–H and O–H groups in total. The molecule has 2 atom stereocenters. The smallest absolute Gasteiger partial charge is 0.237 e. The molecule has 0 aromatic carbocycles. The maximum atomic E-state index is 11.8. The van der Waals surface area contributed by atoms with Gasteiger partial charge in [0, 0.05) is 39.3 Å². The van der Waals surface area contributed by atoms with E-state index in [1.54, 1.807) is 0 Å².